The molecule has 2 rings (SSSR count). The molecule has 1 fully saturated rings. The van der Waals surface area contributed by atoms with Crippen LogP contribution in [-0.4, -0.2) is 23.9 Å². The normalized spacial score (nSPS) is 18.2. The highest BCUT2D eigenvalue weighted by molar-refractivity contribution is 5.94. The molecular weight excluding hydrogens is 238 g/mol. The van der Waals surface area contributed by atoms with Crippen LogP contribution in [0.1, 0.15) is 43.5 Å². The number of likely N-dealkylation sites (tertiary alicyclic amines) is 1. The van der Waals surface area contributed by atoms with Gasteiger partial charge in [0, 0.05) is 24.3 Å². The minimum Gasteiger partial charge on any atom is -0.339 e. The number of carbonyl (C=O) groups excluding carboxylic acids is 1. The molecule has 0 unspecified atom stereocenters. The van der Waals surface area contributed by atoms with Crippen molar-refractivity contribution in [2.75, 3.05) is 18.5 Å². The quantitative estimate of drug-likeness (QED) is 0.649. The number of nitrogens with zero attached hydrogens (tertiary/aromatic N) is 1. The zero-order valence-corrected chi connectivity index (χ0v) is 11.8. The average molecular weight is 261 g/mol. The van der Waals surface area contributed by atoms with Crippen molar-refractivity contribution in [3.8, 4) is 0 Å². The van der Waals surface area contributed by atoms with Crippen LogP contribution in [0.25, 0.3) is 0 Å². The van der Waals surface area contributed by atoms with Gasteiger partial charge in [-0.3, -0.25) is 10.6 Å². The molecule has 1 aliphatic heterocycles. The first kappa shape index (κ1) is 13.9. The monoisotopic (exact) mass is 261 g/mol. The molecule has 0 saturated carbocycles. The van der Waals surface area contributed by atoms with Crippen molar-refractivity contribution in [1.29, 1.82) is 0 Å². The molecule has 104 valence electrons. The number of benzene rings is 1. The summed E-state index contributed by atoms with van der Waals surface area (Å²) in [6, 6.07) is 7.30. The fraction of sp³-hybridized carbons (Fsp3) is 0.533. The number of anilines is 1. The van der Waals surface area contributed by atoms with E-state index >= 15 is 0 Å². The SMILES string of the molecule is CCC1(C)CCN(C(=O)c2ccc(NN)cc2)CC1. The van der Waals surface area contributed by atoms with E-state index in [0.717, 1.165) is 37.2 Å². The van der Waals surface area contributed by atoms with Crippen molar-refractivity contribution in [3.05, 3.63) is 29.8 Å². The van der Waals surface area contributed by atoms with Gasteiger partial charge in [0.15, 0.2) is 0 Å². The smallest absolute Gasteiger partial charge is 0.253 e. The lowest BCUT2D eigenvalue weighted by Crippen LogP contribution is -2.41. The van der Waals surface area contributed by atoms with Crippen LogP contribution >= 0.6 is 0 Å². The summed E-state index contributed by atoms with van der Waals surface area (Å²) in [6.45, 7) is 6.27. The Bertz CT molecular complexity index is 433. The Morgan fingerprint density at radius 2 is 1.89 bits per heavy atom. The van der Waals surface area contributed by atoms with E-state index < -0.39 is 0 Å². The summed E-state index contributed by atoms with van der Waals surface area (Å²) < 4.78 is 0. The fourth-order valence-corrected chi connectivity index (χ4v) is 2.49. The van der Waals surface area contributed by atoms with Gasteiger partial charge in [-0.2, -0.15) is 0 Å². The van der Waals surface area contributed by atoms with Crippen LogP contribution in [-0.2, 0) is 0 Å². The van der Waals surface area contributed by atoms with Crippen LogP contribution in [0.15, 0.2) is 24.3 Å². The van der Waals surface area contributed by atoms with Crippen LogP contribution in [0.2, 0.25) is 0 Å². The zero-order chi connectivity index (χ0) is 13.9. The van der Waals surface area contributed by atoms with Gasteiger partial charge in [-0.1, -0.05) is 20.3 Å². The van der Waals surface area contributed by atoms with Crippen LogP contribution in [0.5, 0.6) is 0 Å². The molecule has 0 atom stereocenters. The molecule has 3 N–H and O–H groups in total. The van der Waals surface area contributed by atoms with E-state index in [1.54, 1.807) is 0 Å². The highest BCUT2D eigenvalue weighted by Crippen LogP contribution is 2.34. The molecule has 1 aromatic carbocycles. The van der Waals surface area contributed by atoms with E-state index in [4.69, 9.17) is 5.84 Å². The van der Waals surface area contributed by atoms with Crippen molar-refractivity contribution < 1.29 is 4.79 Å². The maximum Gasteiger partial charge on any atom is 0.253 e. The van der Waals surface area contributed by atoms with Crippen LogP contribution in [0.4, 0.5) is 5.69 Å². The molecule has 4 nitrogen and oxygen atoms in total. The van der Waals surface area contributed by atoms with Gasteiger partial charge in [-0.05, 0) is 42.5 Å². The highest BCUT2D eigenvalue weighted by atomic mass is 16.2. The van der Waals surface area contributed by atoms with Gasteiger partial charge in [0.2, 0.25) is 0 Å². The van der Waals surface area contributed by atoms with Crippen LogP contribution < -0.4 is 11.3 Å². The van der Waals surface area contributed by atoms with E-state index in [9.17, 15) is 4.79 Å². The van der Waals surface area contributed by atoms with Gasteiger partial charge in [0.05, 0.1) is 0 Å². The maximum atomic E-state index is 12.4. The van der Waals surface area contributed by atoms with Gasteiger partial charge in [-0.25, -0.2) is 0 Å². The summed E-state index contributed by atoms with van der Waals surface area (Å²) in [5.74, 6) is 5.45. The van der Waals surface area contributed by atoms with E-state index in [0.29, 0.717) is 5.41 Å². The lowest BCUT2D eigenvalue weighted by atomic mass is 9.78. The third kappa shape index (κ3) is 3.07. The number of piperidine rings is 1. The summed E-state index contributed by atoms with van der Waals surface area (Å²) in [5.41, 5.74) is 4.52. The molecule has 0 bridgehead atoms. The predicted octanol–water partition coefficient (Wildman–Crippen LogP) is 2.62. The summed E-state index contributed by atoms with van der Waals surface area (Å²) >= 11 is 0. The fourth-order valence-electron chi connectivity index (χ4n) is 2.49. The van der Waals surface area contributed by atoms with Gasteiger partial charge < -0.3 is 10.3 Å². The Morgan fingerprint density at radius 1 is 1.32 bits per heavy atom. The minimum atomic E-state index is 0.127. The lowest BCUT2D eigenvalue weighted by molar-refractivity contribution is 0.0600. The van der Waals surface area contributed by atoms with Crippen molar-refractivity contribution in [1.82, 2.24) is 4.90 Å². The molecule has 0 radical (unpaired) electrons. The second kappa shape index (κ2) is 5.61. The lowest BCUT2D eigenvalue weighted by Gasteiger charge is -2.39. The first-order valence-corrected chi connectivity index (χ1v) is 6.94. The van der Waals surface area contributed by atoms with Crippen LogP contribution in [0.3, 0.4) is 0 Å². The number of rotatable bonds is 3. The highest BCUT2D eigenvalue weighted by Gasteiger charge is 2.30. The van der Waals surface area contributed by atoms with E-state index in [-0.39, 0.29) is 5.91 Å². The van der Waals surface area contributed by atoms with E-state index in [2.05, 4.69) is 19.3 Å². The molecule has 0 aliphatic carbocycles. The molecule has 1 aliphatic rings. The minimum absolute atomic E-state index is 0.127. The summed E-state index contributed by atoms with van der Waals surface area (Å²) in [7, 11) is 0. The summed E-state index contributed by atoms with van der Waals surface area (Å²) in [5, 5.41) is 0. The van der Waals surface area contributed by atoms with Gasteiger partial charge in [-0.15, -0.1) is 0 Å². The Morgan fingerprint density at radius 3 is 2.37 bits per heavy atom. The molecule has 1 heterocycles. The van der Waals surface area contributed by atoms with Crippen molar-refractivity contribution in [2.24, 2.45) is 11.3 Å². The third-order valence-corrected chi connectivity index (χ3v) is 4.41. The molecule has 1 aromatic rings. The molecule has 0 spiro atoms. The van der Waals surface area contributed by atoms with Gasteiger partial charge >= 0.3 is 0 Å². The maximum absolute atomic E-state index is 12.4. The second-order valence-electron chi connectivity index (χ2n) is 5.68. The first-order valence-electron chi connectivity index (χ1n) is 6.94. The third-order valence-electron chi connectivity index (χ3n) is 4.41. The molecule has 0 aromatic heterocycles. The van der Waals surface area contributed by atoms with Crippen LogP contribution in [0, 0.1) is 5.41 Å². The number of amides is 1. The number of hydrogen-bond acceptors (Lipinski definition) is 3. The van der Waals surface area contributed by atoms with Crippen molar-refractivity contribution in [2.45, 2.75) is 33.1 Å². The molecule has 4 heteroatoms. The molecule has 1 saturated heterocycles. The van der Waals surface area contributed by atoms with Crippen molar-refractivity contribution >= 4 is 11.6 Å². The zero-order valence-electron chi connectivity index (χ0n) is 11.8. The number of hydrazine groups is 1. The predicted molar refractivity (Wildman–Crippen MR) is 77.8 cm³/mol. The number of nitrogens with one attached hydrogen (secondary N) is 1. The Balaban J connectivity index is 2.00. The number of hydrogen-bond donors (Lipinski definition) is 2. The van der Waals surface area contributed by atoms with E-state index in [1.165, 1.54) is 6.42 Å². The molecule has 19 heavy (non-hydrogen) atoms. The average Bonchev–Trinajstić information content (AvgIpc) is 2.47. The number of nitrogens with two attached hydrogens (primary N) is 1. The second-order valence-corrected chi connectivity index (χ2v) is 5.68. The molecular formula is C15H23N3O. The van der Waals surface area contributed by atoms with Gasteiger partial charge in [0.25, 0.3) is 5.91 Å². The van der Waals surface area contributed by atoms with E-state index in [1.807, 2.05) is 29.2 Å². The topological polar surface area (TPSA) is 58.4 Å². The standard InChI is InChI=1S/C15H23N3O/c1-3-15(2)8-10-18(11-9-15)14(19)12-4-6-13(17-16)7-5-12/h4-7,17H,3,8-11,16H2,1-2H3. The Labute approximate surface area is 114 Å². The van der Waals surface area contributed by atoms with Crippen molar-refractivity contribution in [3.63, 3.8) is 0 Å². The summed E-state index contributed by atoms with van der Waals surface area (Å²) in [4.78, 5) is 14.3. The first-order chi connectivity index (χ1) is 9.08. The largest absolute Gasteiger partial charge is 0.339 e. The number of nitrogen functional groups attached to an aromatic ring is 1. The Hall–Kier alpha value is -1.55. The number of carbonyl (C=O) groups is 1. The summed E-state index contributed by atoms with van der Waals surface area (Å²) in [6.07, 6.45) is 3.38. The molecule has 1 amide bonds. The Kier molecular flexibility index (Phi) is 4.10. The van der Waals surface area contributed by atoms with Gasteiger partial charge in [0.1, 0.15) is 0 Å².